The highest BCUT2D eigenvalue weighted by molar-refractivity contribution is 7.47. The molecule has 107 heavy (non-hydrogen) atoms. The maximum Gasteiger partial charge on any atom is 0.472 e. The Bertz CT molecular complexity index is 2060. The number of rotatable bonds is 86. The lowest BCUT2D eigenvalue weighted by atomic mass is 9.99. The molecule has 4 unspecified atom stereocenters. The number of phosphoric acid groups is 2. The van der Waals surface area contributed by atoms with E-state index >= 15 is 0 Å². The van der Waals surface area contributed by atoms with E-state index in [2.05, 4.69) is 48.5 Å². The Morgan fingerprint density at radius 3 is 0.710 bits per heavy atom. The van der Waals surface area contributed by atoms with Crippen molar-refractivity contribution in [3.63, 3.8) is 0 Å². The monoisotopic (exact) mass is 1560 g/mol. The molecule has 0 spiro atoms. The lowest BCUT2D eigenvalue weighted by Gasteiger charge is -2.21. The van der Waals surface area contributed by atoms with Crippen LogP contribution in [0.25, 0.3) is 0 Å². The van der Waals surface area contributed by atoms with Crippen molar-refractivity contribution in [1.29, 1.82) is 0 Å². The molecule has 19 heteroatoms. The number of carbonyl (C=O) groups is 4. The Balaban J connectivity index is 5.23. The van der Waals surface area contributed by atoms with Crippen molar-refractivity contribution in [3.05, 3.63) is 0 Å². The smallest absolute Gasteiger partial charge is 0.462 e. The van der Waals surface area contributed by atoms with E-state index in [0.29, 0.717) is 25.7 Å². The maximum atomic E-state index is 13.2. The third-order valence-electron chi connectivity index (χ3n) is 21.4. The summed E-state index contributed by atoms with van der Waals surface area (Å²) in [6.45, 7) is 12.0. The minimum atomic E-state index is -4.97. The van der Waals surface area contributed by atoms with Gasteiger partial charge in [0.15, 0.2) is 12.2 Å². The summed E-state index contributed by atoms with van der Waals surface area (Å²) in [4.78, 5) is 73.3. The fraction of sp³-hybridized carbons (Fsp3) is 0.955. The zero-order chi connectivity index (χ0) is 78.6. The van der Waals surface area contributed by atoms with Crippen molar-refractivity contribution in [3.8, 4) is 0 Å². The van der Waals surface area contributed by atoms with Crippen molar-refractivity contribution in [2.45, 2.75) is 484 Å². The van der Waals surface area contributed by atoms with E-state index in [1.54, 1.807) is 0 Å². The standard InChI is InChI=1S/C88H172O17P2/c1-8-11-12-13-14-15-16-17-18-19-20-24-27-32-37-42-47-55-62-69-85(90)98-75-83(104-87(92)71-64-57-48-43-38-33-28-25-22-21-23-26-31-36-41-46-53-60-67-80(6)9-2)77-102-106(94,95)100-73-82(89)74-101-107(96,97)103-78-84(76-99-86(91)70-63-56-51-50-54-61-68-81(7)10-3)105-88(93)72-65-58-49-44-39-34-29-30-35-40-45-52-59-66-79(4)5/h79-84,89H,8-78H2,1-7H3,(H,94,95)(H,96,97)/t80?,81?,82-,83-,84-/m1/s1. The second kappa shape index (κ2) is 78.0. The summed E-state index contributed by atoms with van der Waals surface area (Å²) < 4.78 is 68.9. The summed E-state index contributed by atoms with van der Waals surface area (Å²) in [5, 5.41) is 10.7. The molecule has 0 aliphatic carbocycles. The summed E-state index contributed by atoms with van der Waals surface area (Å²) in [6, 6.07) is 0. The molecule has 0 aliphatic heterocycles. The quantitative estimate of drug-likeness (QED) is 0.0222. The number of aliphatic hydroxyl groups is 1. The third-order valence-corrected chi connectivity index (χ3v) is 23.3. The molecule has 0 saturated heterocycles. The SMILES string of the molecule is CCCCCCCCCCCCCCCCCCCCCC(=O)OC[C@H](COP(=O)(O)OC[C@@H](O)COP(=O)(O)OC[C@@H](COC(=O)CCCCCCCCC(C)CC)OC(=O)CCCCCCCCCCCCCCCC(C)C)OC(=O)CCCCCCCCCCCCCCCCCCCCC(C)CC. The Morgan fingerprint density at radius 2 is 0.477 bits per heavy atom. The number of hydrogen-bond donors (Lipinski definition) is 3. The Kier molecular flexibility index (Phi) is 76.6. The predicted molar refractivity (Wildman–Crippen MR) is 441 cm³/mol. The van der Waals surface area contributed by atoms with Gasteiger partial charge in [-0.05, 0) is 43.4 Å². The number of unbranched alkanes of at least 4 members (excludes halogenated alkanes) is 52. The van der Waals surface area contributed by atoms with Crippen LogP contribution in [0.4, 0.5) is 0 Å². The highest BCUT2D eigenvalue weighted by atomic mass is 31.2. The van der Waals surface area contributed by atoms with Gasteiger partial charge in [0.2, 0.25) is 0 Å². The van der Waals surface area contributed by atoms with E-state index in [1.165, 1.54) is 270 Å². The molecule has 7 atom stereocenters. The van der Waals surface area contributed by atoms with Crippen molar-refractivity contribution in [1.82, 2.24) is 0 Å². The summed E-state index contributed by atoms with van der Waals surface area (Å²) in [5.41, 5.74) is 0. The molecule has 0 aromatic heterocycles. The first-order chi connectivity index (χ1) is 51.8. The van der Waals surface area contributed by atoms with E-state index in [1.807, 2.05) is 0 Å². The molecule has 0 heterocycles. The van der Waals surface area contributed by atoms with E-state index in [-0.39, 0.29) is 25.7 Å². The van der Waals surface area contributed by atoms with Crippen LogP contribution in [0.3, 0.4) is 0 Å². The van der Waals surface area contributed by atoms with Crippen LogP contribution < -0.4 is 0 Å². The Morgan fingerprint density at radius 1 is 0.271 bits per heavy atom. The van der Waals surface area contributed by atoms with Gasteiger partial charge in [-0.15, -0.1) is 0 Å². The minimum Gasteiger partial charge on any atom is -0.462 e. The zero-order valence-electron chi connectivity index (χ0n) is 70.6. The number of aliphatic hydroxyl groups excluding tert-OH is 1. The van der Waals surface area contributed by atoms with Crippen LogP contribution >= 0.6 is 15.6 Å². The highest BCUT2D eigenvalue weighted by Crippen LogP contribution is 2.45. The first-order valence-electron chi connectivity index (χ1n) is 45.4. The molecular weight excluding hydrogens is 1390 g/mol. The van der Waals surface area contributed by atoms with Crippen LogP contribution in [0.15, 0.2) is 0 Å². The van der Waals surface area contributed by atoms with Gasteiger partial charge in [0.1, 0.15) is 19.3 Å². The van der Waals surface area contributed by atoms with Crippen LogP contribution in [-0.4, -0.2) is 96.7 Å². The average Bonchev–Trinajstić information content (AvgIpc) is 0.905. The van der Waals surface area contributed by atoms with Gasteiger partial charge in [0.05, 0.1) is 26.4 Å². The number of phosphoric ester groups is 2. The fourth-order valence-electron chi connectivity index (χ4n) is 13.7. The number of esters is 4. The molecule has 3 N–H and O–H groups in total. The minimum absolute atomic E-state index is 0.106. The largest absolute Gasteiger partial charge is 0.472 e. The van der Waals surface area contributed by atoms with Crippen LogP contribution in [-0.2, 0) is 65.4 Å². The van der Waals surface area contributed by atoms with Gasteiger partial charge in [0.25, 0.3) is 0 Å². The van der Waals surface area contributed by atoms with Crippen LogP contribution in [0.1, 0.15) is 466 Å². The van der Waals surface area contributed by atoms with E-state index in [4.69, 9.17) is 37.0 Å². The van der Waals surface area contributed by atoms with Gasteiger partial charge >= 0.3 is 39.5 Å². The normalized spacial score (nSPS) is 14.3. The average molecular weight is 1560 g/mol. The summed E-state index contributed by atoms with van der Waals surface area (Å²) >= 11 is 0. The molecule has 0 aliphatic rings. The first kappa shape index (κ1) is 105. The molecule has 0 aromatic rings. The van der Waals surface area contributed by atoms with Crippen LogP contribution in [0.2, 0.25) is 0 Å². The Hall–Kier alpha value is -1.94. The topological polar surface area (TPSA) is 237 Å². The Labute approximate surface area is 658 Å². The van der Waals surface area contributed by atoms with E-state index < -0.39 is 97.5 Å². The van der Waals surface area contributed by atoms with E-state index in [0.717, 1.165) is 114 Å². The van der Waals surface area contributed by atoms with Crippen molar-refractivity contribution in [2.75, 3.05) is 39.6 Å². The molecule has 0 bridgehead atoms. The summed E-state index contributed by atoms with van der Waals surface area (Å²) in [6.07, 6.45) is 69.5. The summed E-state index contributed by atoms with van der Waals surface area (Å²) in [7, 11) is -9.93. The van der Waals surface area contributed by atoms with Gasteiger partial charge in [-0.25, -0.2) is 9.13 Å². The second-order valence-electron chi connectivity index (χ2n) is 32.6. The van der Waals surface area contributed by atoms with Gasteiger partial charge in [0, 0.05) is 25.7 Å². The highest BCUT2D eigenvalue weighted by Gasteiger charge is 2.31. The third kappa shape index (κ3) is 79.1. The first-order valence-corrected chi connectivity index (χ1v) is 48.4. The molecule has 636 valence electrons. The zero-order valence-corrected chi connectivity index (χ0v) is 72.4. The summed E-state index contributed by atoms with van der Waals surface area (Å²) in [5.74, 6) is 0.284. The van der Waals surface area contributed by atoms with Gasteiger partial charge in [-0.1, -0.05) is 414 Å². The van der Waals surface area contributed by atoms with Crippen molar-refractivity contribution >= 4 is 39.5 Å². The van der Waals surface area contributed by atoms with Crippen molar-refractivity contribution < 1.29 is 80.2 Å². The van der Waals surface area contributed by atoms with E-state index in [9.17, 15) is 43.2 Å². The van der Waals surface area contributed by atoms with Gasteiger partial charge < -0.3 is 33.8 Å². The molecule has 17 nitrogen and oxygen atoms in total. The van der Waals surface area contributed by atoms with Gasteiger partial charge in [-0.2, -0.15) is 0 Å². The predicted octanol–water partition coefficient (Wildman–Crippen LogP) is 26.9. The molecule has 0 aromatic carbocycles. The molecular formula is C88H172O17P2. The molecule has 0 rings (SSSR count). The second-order valence-corrected chi connectivity index (χ2v) is 35.5. The molecule has 0 fully saturated rings. The van der Waals surface area contributed by atoms with Crippen LogP contribution in [0.5, 0.6) is 0 Å². The lowest BCUT2D eigenvalue weighted by molar-refractivity contribution is -0.161. The maximum absolute atomic E-state index is 13.2. The lowest BCUT2D eigenvalue weighted by Crippen LogP contribution is -2.30. The van der Waals surface area contributed by atoms with Crippen LogP contribution in [0, 0.1) is 17.8 Å². The number of ether oxygens (including phenoxy) is 4. The molecule has 0 saturated carbocycles. The number of carbonyl (C=O) groups excluding carboxylic acids is 4. The fourth-order valence-corrected chi connectivity index (χ4v) is 15.2. The van der Waals surface area contributed by atoms with Crippen molar-refractivity contribution in [2.24, 2.45) is 17.8 Å². The molecule has 0 radical (unpaired) electrons. The number of hydrogen-bond acceptors (Lipinski definition) is 15. The van der Waals surface area contributed by atoms with Gasteiger partial charge in [-0.3, -0.25) is 37.3 Å². The molecule has 0 amide bonds.